The number of benzene rings is 2. The summed E-state index contributed by atoms with van der Waals surface area (Å²) in [7, 11) is 1.55. The van der Waals surface area contributed by atoms with Crippen LogP contribution in [0.15, 0.2) is 59.5 Å². The van der Waals surface area contributed by atoms with Gasteiger partial charge in [0.05, 0.1) is 24.4 Å². The number of anilines is 3. The summed E-state index contributed by atoms with van der Waals surface area (Å²) in [5.74, 6) is 0.234. The van der Waals surface area contributed by atoms with Gasteiger partial charge in [0.2, 0.25) is 5.88 Å². The van der Waals surface area contributed by atoms with Gasteiger partial charge in [0.1, 0.15) is 17.2 Å². The monoisotopic (exact) mass is 562 g/mol. The van der Waals surface area contributed by atoms with E-state index in [1.54, 1.807) is 24.1 Å². The molecule has 11 nitrogen and oxygen atoms in total. The summed E-state index contributed by atoms with van der Waals surface area (Å²) in [5, 5.41) is 10.2. The van der Waals surface area contributed by atoms with E-state index in [-0.39, 0.29) is 28.9 Å². The number of carbonyl (C=O) groups is 1. The molecule has 5 rings (SSSR count). The van der Waals surface area contributed by atoms with Gasteiger partial charge in [0.25, 0.3) is 5.56 Å². The third kappa shape index (κ3) is 6.32. The summed E-state index contributed by atoms with van der Waals surface area (Å²) >= 11 is 0. The number of piperazine rings is 1. The van der Waals surface area contributed by atoms with E-state index in [4.69, 9.17) is 14.2 Å². The van der Waals surface area contributed by atoms with Crippen molar-refractivity contribution in [1.29, 1.82) is 0 Å². The number of para-hydroxylation sites is 1. The summed E-state index contributed by atoms with van der Waals surface area (Å²) in [4.78, 5) is 33.5. The normalized spacial score (nSPS) is 13.7. The molecule has 2 N–H and O–H groups in total. The highest BCUT2D eigenvalue weighted by atomic mass is 19.1. The van der Waals surface area contributed by atoms with E-state index < -0.39 is 17.0 Å². The van der Waals surface area contributed by atoms with Crippen molar-refractivity contribution in [2.24, 2.45) is 0 Å². The Balaban J connectivity index is 1.39. The number of ether oxygens (including phenoxy) is 3. The van der Waals surface area contributed by atoms with Crippen LogP contribution in [0.4, 0.5) is 26.4 Å². The lowest BCUT2D eigenvalue weighted by Gasteiger charge is -2.37. The molecule has 0 atom stereocenters. The van der Waals surface area contributed by atoms with E-state index in [9.17, 15) is 14.0 Å². The lowest BCUT2D eigenvalue weighted by atomic mass is 10.2. The lowest BCUT2D eigenvalue weighted by Crippen LogP contribution is -2.50. The third-order valence-corrected chi connectivity index (χ3v) is 6.41. The molecule has 3 heterocycles. The number of pyridine rings is 1. The van der Waals surface area contributed by atoms with Crippen LogP contribution in [0.1, 0.15) is 20.8 Å². The number of aromatic nitrogens is 3. The SMILES string of the molecule is COc1cc(N2CCN(C(=O)OC(C)(C)C)CC2)ccc1Nc1nc(Oc2ccccc2F)cc2cn[nH]c(=O)c12. The second-order valence-corrected chi connectivity index (χ2v) is 10.5. The molecule has 0 radical (unpaired) electrons. The molecule has 0 unspecified atom stereocenters. The lowest BCUT2D eigenvalue weighted by molar-refractivity contribution is 0.0240. The number of methoxy groups -OCH3 is 1. The van der Waals surface area contributed by atoms with E-state index in [0.29, 0.717) is 43.0 Å². The maximum absolute atomic E-state index is 14.2. The minimum absolute atomic E-state index is 0.00296. The summed E-state index contributed by atoms with van der Waals surface area (Å²) in [6.07, 6.45) is 1.15. The van der Waals surface area contributed by atoms with Gasteiger partial charge >= 0.3 is 6.09 Å². The van der Waals surface area contributed by atoms with Crippen molar-refractivity contribution in [1.82, 2.24) is 20.1 Å². The molecule has 214 valence electrons. The van der Waals surface area contributed by atoms with Gasteiger partial charge in [-0.15, -0.1) is 0 Å². The minimum Gasteiger partial charge on any atom is -0.494 e. The van der Waals surface area contributed by atoms with Crippen LogP contribution >= 0.6 is 0 Å². The Morgan fingerprint density at radius 2 is 1.80 bits per heavy atom. The Labute approximate surface area is 235 Å². The smallest absolute Gasteiger partial charge is 0.410 e. The Morgan fingerprint density at radius 3 is 2.51 bits per heavy atom. The first-order valence-electron chi connectivity index (χ1n) is 13.1. The van der Waals surface area contributed by atoms with Crippen molar-refractivity contribution in [3.63, 3.8) is 0 Å². The first kappa shape index (κ1) is 27.7. The molecule has 1 saturated heterocycles. The number of amides is 1. The van der Waals surface area contributed by atoms with Gasteiger partial charge in [-0.25, -0.2) is 14.3 Å². The van der Waals surface area contributed by atoms with Crippen LogP contribution in [0.5, 0.6) is 17.4 Å². The summed E-state index contributed by atoms with van der Waals surface area (Å²) in [5.41, 5.74) is 0.466. The first-order valence-corrected chi connectivity index (χ1v) is 13.1. The van der Waals surface area contributed by atoms with E-state index in [1.807, 2.05) is 39.0 Å². The van der Waals surface area contributed by atoms with Gasteiger partial charge in [-0.3, -0.25) is 4.79 Å². The summed E-state index contributed by atoms with van der Waals surface area (Å²) in [6.45, 7) is 7.85. The highest BCUT2D eigenvalue weighted by molar-refractivity contribution is 5.93. The van der Waals surface area contributed by atoms with Gasteiger partial charge < -0.3 is 29.3 Å². The second kappa shape index (κ2) is 11.3. The Kier molecular flexibility index (Phi) is 7.64. The number of hydrogen-bond donors (Lipinski definition) is 2. The van der Waals surface area contributed by atoms with E-state index >= 15 is 0 Å². The number of halogens is 1. The molecule has 0 bridgehead atoms. The van der Waals surface area contributed by atoms with Crippen molar-refractivity contribution in [3.8, 4) is 17.4 Å². The number of fused-ring (bicyclic) bond motifs is 1. The van der Waals surface area contributed by atoms with Crippen molar-refractivity contribution < 1.29 is 23.4 Å². The number of nitrogens with one attached hydrogen (secondary N) is 2. The zero-order chi connectivity index (χ0) is 29.1. The van der Waals surface area contributed by atoms with Gasteiger partial charge in [0, 0.05) is 49.4 Å². The topological polar surface area (TPSA) is 122 Å². The van der Waals surface area contributed by atoms with Crippen LogP contribution in [0.25, 0.3) is 10.8 Å². The standard InChI is InChI=1S/C29H31FN6O5/c1-29(2,3)41-28(38)36-13-11-35(12-14-36)19-9-10-21(23(16-19)39-4)32-26-25-18(17-31-34-27(25)37)15-24(33-26)40-22-8-6-5-7-20(22)30/h5-10,15-17H,11-14H2,1-4H3,(H,32,33)(H,34,37). The number of nitrogens with zero attached hydrogens (tertiary/aromatic N) is 4. The zero-order valence-electron chi connectivity index (χ0n) is 23.2. The quantitative estimate of drug-likeness (QED) is 0.332. The van der Waals surface area contributed by atoms with Crippen LogP contribution in [-0.4, -0.2) is 65.1 Å². The fourth-order valence-electron chi connectivity index (χ4n) is 4.46. The average molecular weight is 563 g/mol. The average Bonchev–Trinajstić information content (AvgIpc) is 2.93. The zero-order valence-corrected chi connectivity index (χ0v) is 23.2. The van der Waals surface area contributed by atoms with Crippen LogP contribution < -0.4 is 25.2 Å². The van der Waals surface area contributed by atoms with Crippen LogP contribution in [0.3, 0.4) is 0 Å². The van der Waals surface area contributed by atoms with Crippen molar-refractivity contribution >= 4 is 34.1 Å². The summed E-state index contributed by atoms with van der Waals surface area (Å²) < 4.78 is 31.1. The Morgan fingerprint density at radius 1 is 1.05 bits per heavy atom. The van der Waals surface area contributed by atoms with Crippen molar-refractivity contribution in [2.75, 3.05) is 43.5 Å². The second-order valence-electron chi connectivity index (χ2n) is 10.5. The maximum Gasteiger partial charge on any atom is 0.410 e. The molecule has 1 fully saturated rings. The molecule has 0 saturated carbocycles. The van der Waals surface area contributed by atoms with Crippen LogP contribution in [0.2, 0.25) is 0 Å². The molecule has 1 amide bonds. The maximum atomic E-state index is 14.2. The van der Waals surface area contributed by atoms with Crippen LogP contribution in [0, 0.1) is 5.82 Å². The number of rotatable bonds is 6. The fraction of sp³-hybridized carbons (Fsp3) is 0.310. The van der Waals surface area contributed by atoms with Gasteiger partial charge in [0.15, 0.2) is 11.6 Å². The molecular formula is C29H31FN6O5. The summed E-state index contributed by atoms with van der Waals surface area (Å²) in [6, 6.07) is 13.1. The van der Waals surface area contributed by atoms with Crippen LogP contribution in [-0.2, 0) is 4.74 Å². The van der Waals surface area contributed by atoms with Crippen molar-refractivity contribution in [3.05, 3.63) is 70.9 Å². The number of carbonyl (C=O) groups excluding carboxylic acids is 1. The van der Waals surface area contributed by atoms with E-state index in [0.717, 1.165) is 5.69 Å². The van der Waals surface area contributed by atoms with Gasteiger partial charge in [-0.1, -0.05) is 12.1 Å². The van der Waals surface area contributed by atoms with Crippen molar-refractivity contribution in [2.45, 2.75) is 26.4 Å². The predicted octanol–water partition coefficient (Wildman–Crippen LogP) is 5.06. The molecule has 0 spiro atoms. The Bertz CT molecular complexity index is 1630. The Hall–Kier alpha value is -4.87. The number of hydrogen-bond acceptors (Lipinski definition) is 9. The molecule has 1 aliphatic heterocycles. The first-order chi connectivity index (χ1) is 19.6. The van der Waals surface area contributed by atoms with E-state index in [2.05, 4.69) is 25.4 Å². The molecule has 0 aliphatic carbocycles. The molecule has 2 aromatic carbocycles. The molecule has 4 aromatic rings. The molecule has 2 aromatic heterocycles. The molecule has 1 aliphatic rings. The highest BCUT2D eigenvalue weighted by Gasteiger charge is 2.26. The predicted molar refractivity (Wildman–Crippen MR) is 153 cm³/mol. The van der Waals surface area contributed by atoms with Gasteiger partial charge in [-0.2, -0.15) is 10.1 Å². The largest absolute Gasteiger partial charge is 0.494 e. The number of aromatic amines is 1. The van der Waals surface area contributed by atoms with Gasteiger partial charge in [-0.05, 0) is 45.0 Å². The molecule has 41 heavy (non-hydrogen) atoms. The molecular weight excluding hydrogens is 531 g/mol. The highest BCUT2D eigenvalue weighted by Crippen LogP contribution is 2.35. The molecule has 12 heteroatoms. The number of H-pyrrole nitrogens is 1. The third-order valence-electron chi connectivity index (χ3n) is 6.41. The van der Waals surface area contributed by atoms with E-state index in [1.165, 1.54) is 24.4 Å². The minimum atomic E-state index is -0.546. The fourth-order valence-corrected chi connectivity index (χ4v) is 4.46.